The standard InChI is InChI=1S/C18H22N4O3/c1-12(2)13-3-5-14(6-4-13)22-10-8-15(18(22)24)17(23)19-9-7-16-20-11-25-21-16/h3-6,11-12,15H,7-10H2,1-2H3,(H,19,23). The lowest BCUT2D eigenvalue weighted by Gasteiger charge is -2.17. The maximum atomic E-state index is 12.6. The fourth-order valence-corrected chi connectivity index (χ4v) is 2.94. The molecule has 132 valence electrons. The van der Waals surface area contributed by atoms with Crippen LogP contribution in [0.2, 0.25) is 0 Å². The number of benzene rings is 1. The van der Waals surface area contributed by atoms with Crippen molar-refractivity contribution >= 4 is 17.5 Å². The molecule has 0 saturated carbocycles. The van der Waals surface area contributed by atoms with Gasteiger partial charge in [-0.2, -0.15) is 4.98 Å². The fourth-order valence-electron chi connectivity index (χ4n) is 2.94. The quantitative estimate of drug-likeness (QED) is 0.810. The van der Waals surface area contributed by atoms with Crippen molar-refractivity contribution in [3.05, 3.63) is 42.0 Å². The van der Waals surface area contributed by atoms with Crippen molar-refractivity contribution in [1.29, 1.82) is 0 Å². The molecule has 0 aliphatic carbocycles. The number of hydrogen-bond donors (Lipinski definition) is 1. The highest BCUT2D eigenvalue weighted by Crippen LogP contribution is 2.27. The molecule has 2 amide bonds. The van der Waals surface area contributed by atoms with E-state index in [1.54, 1.807) is 4.90 Å². The van der Waals surface area contributed by atoms with Gasteiger partial charge in [0.1, 0.15) is 5.92 Å². The van der Waals surface area contributed by atoms with Crippen LogP contribution in [0.1, 0.15) is 37.6 Å². The Morgan fingerprint density at radius 1 is 1.36 bits per heavy atom. The van der Waals surface area contributed by atoms with Gasteiger partial charge in [0.25, 0.3) is 0 Å². The molecule has 0 bridgehead atoms. The summed E-state index contributed by atoms with van der Waals surface area (Å²) in [5.41, 5.74) is 2.07. The minimum Gasteiger partial charge on any atom is -0.355 e. The number of amides is 2. The van der Waals surface area contributed by atoms with Gasteiger partial charge in [-0.15, -0.1) is 0 Å². The average Bonchev–Trinajstić information content (AvgIpc) is 3.24. The van der Waals surface area contributed by atoms with E-state index in [0.29, 0.717) is 37.7 Å². The second-order valence-electron chi connectivity index (χ2n) is 6.47. The van der Waals surface area contributed by atoms with Gasteiger partial charge in [0, 0.05) is 25.2 Å². The van der Waals surface area contributed by atoms with Crippen molar-refractivity contribution in [2.24, 2.45) is 5.92 Å². The van der Waals surface area contributed by atoms with Gasteiger partial charge in [0.2, 0.25) is 18.2 Å². The highest BCUT2D eigenvalue weighted by molar-refractivity contribution is 6.09. The number of carbonyl (C=O) groups excluding carboxylic acids is 2. The summed E-state index contributed by atoms with van der Waals surface area (Å²) >= 11 is 0. The average molecular weight is 342 g/mol. The normalized spacial score (nSPS) is 17.3. The molecule has 1 aromatic heterocycles. The van der Waals surface area contributed by atoms with Crippen LogP contribution in [0.15, 0.2) is 35.2 Å². The lowest BCUT2D eigenvalue weighted by atomic mass is 10.0. The van der Waals surface area contributed by atoms with Gasteiger partial charge in [-0.1, -0.05) is 31.1 Å². The molecule has 1 unspecified atom stereocenters. The Balaban J connectivity index is 1.56. The number of nitrogens with one attached hydrogen (secondary N) is 1. The minimum absolute atomic E-state index is 0.144. The van der Waals surface area contributed by atoms with E-state index in [-0.39, 0.29) is 11.8 Å². The number of rotatable bonds is 6. The van der Waals surface area contributed by atoms with Crippen molar-refractivity contribution in [1.82, 2.24) is 15.5 Å². The zero-order valence-electron chi connectivity index (χ0n) is 14.4. The lowest BCUT2D eigenvalue weighted by molar-refractivity contribution is -0.132. The Morgan fingerprint density at radius 2 is 2.12 bits per heavy atom. The second kappa shape index (κ2) is 7.46. The molecule has 2 aromatic rings. The Bertz CT molecular complexity index is 725. The van der Waals surface area contributed by atoms with Crippen LogP contribution in [-0.4, -0.2) is 35.0 Å². The van der Waals surface area contributed by atoms with Crippen LogP contribution in [-0.2, 0) is 16.0 Å². The van der Waals surface area contributed by atoms with E-state index >= 15 is 0 Å². The first kappa shape index (κ1) is 17.1. The fraction of sp³-hybridized carbons (Fsp3) is 0.444. The molecule has 0 spiro atoms. The highest BCUT2D eigenvalue weighted by atomic mass is 16.5. The molecule has 1 saturated heterocycles. The summed E-state index contributed by atoms with van der Waals surface area (Å²) < 4.78 is 4.64. The van der Waals surface area contributed by atoms with Crippen LogP contribution in [0.3, 0.4) is 0 Å². The van der Waals surface area contributed by atoms with Crippen molar-refractivity contribution < 1.29 is 14.1 Å². The molecule has 7 heteroatoms. The highest BCUT2D eigenvalue weighted by Gasteiger charge is 2.37. The third-order valence-electron chi connectivity index (χ3n) is 4.45. The monoisotopic (exact) mass is 342 g/mol. The third-order valence-corrected chi connectivity index (χ3v) is 4.45. The van der Waals surface area contributed by atoms with Crippen LogP contribution in [0, 0.1) is 5.92 Å². The summed E-state index contributed by atoms with van der Waals surface area (Å²) in [7, 11) is 0. The summed E-state index contributed by atoms with van der Waals surface area (Å²) in [5.74, 6) is -0.0369. The summed E-state index contributed by atoms with van der Waals surface area (Å²) in [6.07, 6.45) is 2.25. The van der Waals surface area contributed by atoms with Crippen molar-refractivity contribution in [2.75, 3.05) is 18.0 Å². The first-order chi connectivity index (χ1) is 12.1. The number of carbonyl (C=O) groups is 2. The van der Waals surface area contributed by atoms with Gasteiger partial charge in [-0.05, 0) is 30.0 Å². The Morgan fingerprint density at radius 3 is 2.76 bits per heavy atom. The first-order valence-electron chi connectivity index (χ1n) is 8.50. The minimum atomic E-state index is -0.630. The Kier molecular flexibility index (Phi) is 5.11. The van der Waals surface area contributed by atoms with E-state index in [0.717, 1.165) is 5.69 Å². The summed E-state index contributed by atoms with van der Waals surface area (Å²) in [4.78, 5) is 30.4. The van der Waals surface area contributed by atoms with E-state index in [1.807, 2.05) is 24.3 Å². The molecule has 2 heterocycles. The number of hydrogen-bond acceptors (Lipinski definition) is 5. The zero-order valence-corrected chi connectivity index (χ0v) is 14.4. The largest absolute Gasteiger partial charge is 0.355 e. The number of anilines is 1. The van der Waals surface area contributed by atoms with Gasteiger partial charge in [0.05, 0.1) is 0 Å². The Hall–Kier alpha value is -2.70. The van der Waals surface area contributed by atoms with Crippen LogP contribution >= 0.6 is 0 Å². The van der Waals surface area contributed by atoms with Gasteiger partial charge >= 0.3 is 0 Å². The van der Waals surface area contributed by atoms with Crippen LogP contribution < -0.4 is 10.2 Å². The Labute approximate surface area is 146 Å². The van der Waals surface area contributed by atoms with Crippen LogP contribution in [0.25, 0.3) is 0 Å². The van der Waals surface area contributed by atoms with Crippen molar-refractivity contribution in [2.45, 2.75) is 32.6 Å². The summed E-state index contributed by atoms with van der Waals surface area (Å²) in [5, 5.41) is 6.47. The van der Waals surface area contributed by atoms with Crippen LogP contribution in [0.5, 0.6) is 0 Å². The van der Waals surface area contributed by atoms with Gasteiger partial charge in [-0.25, -0.2) is 0 Å². The number of nitrogens with zero attached hydrogens (tertiary/aromatic N) is 3. The molecule has 1 aromatic carbocycles. The van der Waals surface area contributed by atoms with Gasteiger partial charge in [0.15, 0.2) is 5.82 Å². The molecule has 1 aliphatic heterocycles. The van der Waals surface area contributed by atoms with Crippen LogP contribution in [0.4, 0.5) is 5.69 Å². The topological polar surface area (TPSA) is 88.3 Å². The molecule has 7 nitrogen and oxygen atoms in total. The van der Waals surface area contributed by atoms with Crippen molar-refractivity contribution in [3.8, 4) is 0 Å². The second-order valence-corrected chi connectivity index (χ2v) is 6.47. The lowest BCUT2D eigenvalue weighted by Crippen LogP contribution is -2.37. The predicted octanol–water partition coefficient (Wildman–Crippen LogP) is 1.90. The smallest absolute Gasteiger partial charge is 0.239 e. The third kappa shape index (κ3) is 3.87. The first-order valence-corrected chi connectivity index (χ1v) is 8.50. The van der Waals surface area contributed by atoms with Gasteiger partial charge in [-0.3, -0.25) is 9.59 Å². The molecule has 0 radical (unpaired) electrons. The summed E-state index contributed by atoms with van der Waals surface area (Å²) in [6.45, 7) is 5.20. The summed E-state index contributed by atoms with van der Waals surface area (Å²) in [6, 6.07) is 7.96. The number of aromatic nitrogens is 2. The van der Waals surface area contributed by atoms with E-state index < -0.39 is 5.92 Å². The SMILES string of the molecule is CC(C)c1ccc(N2CCC(C(=O)NCCc3ncon3)C2=O)cc1. The van der Waals surface area contributed by atoms with E-state index in [9.17, 15) is 9.59 Å². The predicted molar refractivity (Wildman–Crippen MR) is 92.0 cm³/mol. The molecular weight excluding hydrogens is 320 g/mol. The van der Waals surface area contributed by atoms with E-state index in [4.69, 9.17) is 0 Å². The maximum absolute atomic E-state index is 12.6. The molecule has 1 fully saturated rings. The molecule has 1 N–H and O–H groups in total. The van der Waals surface area contributed by atoms with Gasteiger partial charge < -0.3 is 14.7 Å². The van der Waals surface area contributed by atoms with Crippen molar-refractivity contribution in [3.63, 3.8) is 0 Å². The van der Waals surface area contributed by atoms with E-state index in [2.05, 4.69) is 33.8 Å². The molecular formula is C18H22N4O3. The molecule has 1 atom stereocenters. The maximum Gasteiger partial charge on any atom is 0.239 e. The zero-order chi connectivity index (χ0) is 17.8. The van der Waals surface area contributed by atoms with E-state index in [1.165, 1.54) is 12.0 Å². The molecule has 1 aliphatic rings. The molecule has 25 heavy (non-hydrogen) atoms. The molecule has 3 rings (SSSR count).